The number of alkyl halides is 1. The first-order valence-corrected chi connectivity index (χ1v) is 10.2. The van der Waals surface area contributed by atoms with Gasteiger partial charge in [0.15, 0.2) is 0 Å². The van der Waals surface area contributed by atoms with E-state index in [0.29, 0.717) is 12.2 Å². The molecule has 0 aromatic heterocycles. The lowest BCUT2D eigenvalue weighted by atomic mass is 10.0. The molecule has 6 heteroatoms. The van der Waals surface area contributed by atoms with Crippen LogP contribution in [-0.4, -0.2) is 42.7 Å². The van der Waals surface area contributed by atoms with E-state index >= 15 is 0 Å². The van der Waals surface area contributed by atoms with Crippen molar-refractivity contribution in [1.29, 1.82) is 0 Å². The highest BCUT2D eigenvalue weighted by Crippen LogP contribution is 2.26. The van der Waals surface area contributed by atoms with E-state index in [2.05, 4.69) is 26.1 Å². The normalized spacial score (nSPS) is 12.0. The van der Waals surface area contributed by atoms with Crippen molar-refractivity contribution >= 4 is 34.8 Å². The van der Waals surface area contributed by atoms with E-state index in [4.69, 9.17) is 11.6 Å². The van der Waals surface area contributed by atoms with Crippen molar-refractivity contribution < 1.29 is 9.59 Å². The number of hydrogen-bond acceptors (Lipinski definition) is 3. The van der Waals surface area contributed by atoms with Crippen LogP contribution in [0.25, 0.3) is 0 Å². The highest BCUT2D eigenvalue weighted by Gasteiger charge is 2.22. The number of anilines is 2. The Kier molecular flexibility index (Phi) is 9.64. The molecule has 0 aliphatic rings. The van der Waals surface area contributed by atoms with Gasteiger partial charge in [0.1, 0.15) is 5.38 Å². The van der Waals surface area contributed by atoms with Gasteiger partial charge in [0.05, 0.1) is 0 Å². The number of hydrogen-bond donors (Lipinski definition) is 1. The minimum atomic E-state index is -0.602. The van der Waals surface area contributed by atoms with Crippen LogP contribution >= 0.6 is 11.6 Å². The van der Waals surface area contributed by atoms with E-state index in [0.717, 1.165) is 37.1 Å². The summed E-state index contributed by atoms with van der Waals surface area (Å²) in [7, 11) is 3.95. The minimum absolute atomic E-state index is 0.0549. The molecule has 0 aliphatic carbocycles. The molecular formula is C21H34ClN3O2. The lowest BCUT2D eigenvalue weighted by Crippen LogP contribution is -2.36. The number of carbonyl (C=O) groups is 2. The summed E-state index contributed by atoms with van der Waals surface area (Å²) >= 11 is 5.86. The number of nitrogens with zero attached hydrogens (tertiary/aromatic N) is 2. The average molecular weight is 396 g/mol. The van der Waals surface area contributed by atoms with Crippen LogP contribution in [0.15, 0.2) is 18.2 Å². The molecule has 2 amide bonds. The Labute approximate surface area is 169 Å². The molecule has 0 bridgehead atoms. The van der Waals surface area contributed by atoms with E-state index < -0.39 is 5.38 Å². The predicted molar refractivity (Wildman–Crippen MR) is 114 cm³/mol. The zero-order valence-electron chi connectivity index (χ0n) is 17.5. The predicted octanol–water partition coefficient (Wildman–Crippen LogP) is 4.49. The second kappa shape index (κ2) is 11.2. The number of carbonyl (C=O) groups excluding carboxylic acids is 2. The summed E-state index contributed by atoms with van der Waals surface area (Å²) < 4.78 is 0. The number of benzene rings is 1. The largest absolute Gasteiger partial charge is 0.377 e. The molecule has 27 heavy (non-hydrogen) atoms. The van der Waals surface area contributed by atoms with Crippen LogP contribution in [0, 0.1) is 5.92 Å². The standard InChI is InChI=1S/C21H34ClN3O2/c1-7-12-25(21(27)16(8-2)9-3)14-17-13-18(23-20(26)15(4)22)10-11-19(17)24(5)6/h10-11,13,15-16H,7-9,12,14H2,1-6H3,(H,23,26). The van der Waals surface area contributed by atoms with Gasteiger partial charge >= 0.3 is 0 Å². The van der Waals surface area contributed by atoms with Crippen molar-refractivity contribution in [1.82, 2.24) is 4.90 Å². The number of halogens is 1. The molecule has 5 nitrogen and oxygen atoms in total. The van der Waals surface area contributed by atoms with Gasteiger partial charge in [0, 0.05) is 44.5 Å². The Morgan fingerprint density at radius 1 is 1.15 bits per heavy atom. The summed E-state index contributed by atoms with van der Waals surface area (Å²) in [5.74, 6) is 0.0217. The first-order valence-electron chi connectivity index (χ1n) is 9.78. The van der Waals surface area contributed by atoms with Gasteiger partial charge < -0.3 is 15.1 Å². The molecule has 1 unspecified atom stereocenters. The fraction of sp³-hybridized carbons (Fsp3) is 0.619. The summed E-state index contributed by atoms with van der Waals surface area (Å²) in [6.07, 6.45) is 2.60. The van der Waals surface area contributed by atoms with E-state index in [1.165, 1.54) is 0 Å². The molecule has 1 N–H and O–H groups in total. The Balaban J connectivity index is 3.17. The van der Waals surface area contributed by atoms with Crippen molar-refractivity contribution in [2.24, 2.45) is 5.92 Å². The van der Waals surface area contributed by atoms with Gasteiger partial charge in [-0.2, -0.15) is 0 Å². The van der Waals surface area contributed by atoms with Crippen LogP contribution in [-0.2, 0) is 16.1 Å². The third kappa shape index (κ3) is 6.73. The molecule has 1 aromatic rings. The van der Waals surface area contributed by atoms with Crippen LogP contribution in [0.3, 0.4) is 0 Å². The molecule has 1 aromatic carbocycles. The first-order chi connectivity index (χ1) is 12.7. The molecule has 152 valence electrons. The number of rotatable bonds is 10. The summed E-state index contributed by atoms with van der Waals surface area (Å²) in [5.41, 5.74) is 2.73. The highest BCUT2D eigenvalue weighted by atomic mass is 35.5. The lowest BCUT2D eigenvalue weighted by molar-refractivity contribution is -0.136. The van der Waals surface area contributed by atoms with Crippen LogP contribution < -0.4 is 10.2 Å². The van der Waals surface area contributed by atoms with Gasteiger partial charge in [0.2, 0.25) is 11.8 Å². The highest BCUT2D eigenvalue weighted by molar-refractivity contribution is 6.32. The van der Waals surface area contributed by atoms with Crippen LogP contribution in [0.4, 0.5) is 11.4 Å². The third-order valence-corrected chi connectivity index (χ3v) is 4.89. The second-order valence-electron chi connectivity index (χ2n) is 7.12. The fourth-order valence-electron chi connectivity index (χ4n) is 3.11. The topological polar surface area (TPSA) is 52.7 Å². The van der Waals surface area contributed by atoms with Crippen LogP contribution in [0.1, 0.15) is 52.5 Å². The lowest BCUT2D eigenvalue weighted by Gasteiger charge is -2.28. The fourth-order valence-corrected chi connectivity index (χ4v) is 3.16. The van der Waals surface area contributed by atoms with Crippen molar-refractivity contribution in [2.75, 3.05) is 30.9 Å². The monoisotopic (exact) mass is 395 g/mol. The molecule has 0 fully saturated rings. The van der Waals surface area contributed by atoms with E-state index in [1.807, 2.05) is 42.1 Å². The molecule has 0 aliphatic heterocycles. The van der Waals surface area contributed by atoms with Gasteiger partial charge in [-0.3, -0.25) is 9.59 Å². The van der Waals surface area contributed by atoms with E-state index in [-0.39, 0.29) is 17.7 Å². The van der Waals surface area contributed by atoms with Crippen molar-refractivity contribution in [2.45, 2.75) is 58.9 Å². The molecule has 1 rings (SSSR count). The first kappa shape index (κ1) is 23.3. The van der Waals surface area contributed by atoms with Gasteiger partial charge in [-0.1, -0.05) is 20.8 Å². The maximum atomic E-state index is 13.0. The smallest absolute Gasteiger partial charge is 0.242 e. The van der Waals surface area contributed by atoms with Gasteiger partial charge in [-0.25, -0.2) is 0 Å². The molecule has 0 heterocycles. The van der Waals surface area contributed by atoms with Crippen LogP contribution in [0.2, 0.25) is 0 Å². The van der Waals surface area contributed by atoms with E-state index in [1.54, 1.807) is 6.92 Å². The van der Waals surface area contributed by atoms with Crippen molar-refractivity contribution in [3.8, 4) is 0 Å². The Morgan fingerprint density at radius 2 is 1.78 bits per heavy atom. The number of amides is 2. The summed E-state index contributed by atoms with van der Waals surface area (Å²) in [5, 5.41) is 2.23. The average Bonchev–Trinajstić information content (AvgIpc) is 2.62. The van der Waals surface area contributed by atoms with Gasteiger partial charge in [-0.15, -0.1) is 11.6 Å². The van der Waals surface area contributed by atoms with E-state index in [9.17, 15) is 9.59 Å². The summed E-state index contributed by atoms with van der Waals surface area (Å²) in [4.78, 5) is 28.8. The van der Waals surface area contributed by atoms with Crippen molar-refractivity contribution in [3.05, 3.63) is 23.8 Å². The summed E-state index contributed by atoms with van der Waals surface area (Å²) in [6.45, 7) is 9.09. The zero-order chi connectivity index (χ0) is 20.6. The van der Waals surface area contributed by atoms with Crippen molar-refractivity contribution in [3.63, 3.8) is 0 Å². The minimum Gasteiger partial charge on any atom is -0.377 e. The third-order valence-electron chi connectivity index (χ3n) is 4.69. The van der Waals surface area contributed by atoms with Gasteiger partial charge in [-0.05, 0) is 49.9 Å². The Hall–Kier alpha value is -1.75. The summed E-state index contributed by atoms with van der Waals surface area (Å²) in [6, 6.07) is 5.77. The molecular weight excluding hydrogens is 362 g/mol. The second-order valence-corrected chi connectivity index (χ2v) is 7.77. The van der Waals surface area contributed by atoms with Gasteiger partial charge in [0.25, 0.3) is 0 Å². The van der Waals surface area contributed by atoms with Crippen LogP contribution in [0.5, 0.6) is 0 Å². The zero-order valence-corrected chi connectivity index (χ0v) is 18.3. The maximum Gasteiger partial charge on any atom is 0.242 e. The SMILES string of the molecule is CCCN(Cc1cc(NC(=O)C(C)Cl)ccc1N(C)C)C(=O)C(CC)CC. The molecule has 1 atom stereocenters. The molecule has 0 saturated carbocycles. The number of nitrogens with one attached hydrogen (secondary N) is 1. The Bertz CT molecular complexity index is 628. The molecule has 0 spiro atoms. The maximum absolute atomic E-state index is 13.0. The quantitative estimate of drug-likeness (QED) is 0.593. The molecule has 0 radical (unpaired) electrons. The Morgan fingerprint density at radius 3 is 2.26 bits per heavy atom. The molecule has 0 saturated heterocycles.